The van der Waals surface area contributed by atoms with Crippen LogP contribution in [0.25, 0.3) is 0 Å². The highest BCUT2D eigenvalue weighted by atomic mass is 32.2. The average Bonchev–Trinajstić information content (AvgIpc) is 2.50. The van der Waals surface area contributed by atoms with Gasteiger partial charge in [0.1, 0.15) is 11.6 Å². The van der Waals surface area contributed by atoms with Crippen LogP contribution in [0.2, 0.25) is 0 Å². The second kappa shape index (κ2) is 6.20. The Morgan fingerprint density at radius 2 is 1.71 bits per heavy atom. The number of aromatic carboxylic acids is 1. The fourth-order valence-corrected chi connectivity index (χ4v) is 2.80. The minimum atomic E-state index is -4.35. The van der Waals surface area contributed by atoms with Gasteiger partial charge in [0, 0.05) is 18.2 Å². The largest absolute Gasteiger partial charge is 0.478 e. The Hall–Kier alpha value is -3.08. The summed E-state index contributed by atoms with van der Waals surface area (Å²) in [6.45, 7) is 0. The quantitative estimate of drug-likeness (QED) is 0.624. The Bertz CT molecular complexity index is 928. The maximum Gasteiger partial charge on any atom is 0.338 e. The van der Waals surface area contributed by atoms with Crippen molar-refractivity contribution >= 4 is 27.4 Å². The third-order valence-corrected chi connectivity index (χ3v) is 4.27. The molecular weight excluding hydrogens is 350 g/mol. The van der Waals surface area contributed by atoms with Gasteiger partial charge in [-0.15, -0.1) is 0 Å². The van der Waals surface area contributed by atoms with Gasteiger partial charge in [-0.2, -0.15) is 0 Å². The van der Waals surface area contributed by atoms with Crippen LogP contribution in [0.15, 0.2) is 41.3 Å². The number of sulfonamides is 1. The van der Waals surface area contributed by atoms with E-state index < -0.39 is 48.7 Å². The summed E-state index contributed by atoms with van der Waals surface area (Å²) in [6, 6.07) is 4.42. The second-order valence-corrected chi connectivity index (χ2v) is 6.16. The molecule has 126 valence electrons. The number of carboxylic acid groups (broad SMARTS) is 1. The number of nitrogens with one attached hydrogen (secondary N) is 1. The van der Waals surface area contributed by atoms with E-state index in [4.69, 9.17) is 5.11 Å². The van der Waals surface area contributed by atoms with Crippen molar-refractivity contribution in [3.05, 3.63) is 63.7 Å². The molecule has 2 aromatic rings. The van der Waals surface area contributed by atoms with Crippen molar-refractivity contribution < 1.29 is 32.0 Å². The lowest BCUT2D eigenvalue weighted by atomic mass is 10.2. The normalized spacial score (nSPS) is 11.1. The smallest absolute Gasteiger partial charge is 0.338 e. The molecule has 11 heteroatoms. The molecule has 24 heavy (non-hydrogen) atoms. The number of hydrogen-bond donors (Lipinski definition) is 2. The van der Waals surface area contributed by atoms with Crippen molar-refractivity contribution in [1.82, 2.24) is 0 Å². The van der Waals surface area contributed by atoms with Gasteiger partial charge in [-0.05, 0) is 18.2 Å². The van der Waals surface area contributed by atoms with Gasteiger partial charge in [0.05, 0.1) is 21.1 Å². The molecule has 2 aromatic carbocycles. The highest BCUT2D eigenvalue weighted by Crippen LogP contribution is 2.23. The molecule has 8 nitrogen and oxygen atoms in total. The molecule has 0 aromatic heterocycles. The van der Waals surface area contributed by atoms with Crippen LogP contribution in [0.3, 0.4) is 0 Å². The number of nitrogens with zero attached hydrogens (tertiary/aromatic N) is 1. The Kier molecular flexibility index (Phi) is 4.46. The first-order valence-electron chi connectivity index (χ1n) is 6.11. The zero-order valence-electron chi connectivity index (χ0n) is 11.6. The molecule has 0 aliphatic rings. The van der Waals surface area contributed by atoms with Gasteiger partial charge >= 0.3 is 5.97 Å². The predicted molar refractivity (Wildman–Crippen MR) is 77.2 cm³/mol. The van der Waals surface area contributed by atoms with Crippen LogP contribution in [-0.4, -0.2) is 24.4 Å². The summed E-state index contributed by atoms with van der Waals surface area (Å²) in [4.78, 5) is 20.0. The van der Waals surface area contributed by atoms with Crippen LogP contribution in [0, 0.1) is 21.7 Å². The van der Waals surface area contributed by atoms with Gasteiger partial charge in [0.15, 0.2) is 0 Å². The molecule has 0 saturated heterocycles. The Balaban J connectivity index is 2.37. The van der Waals surface area contributed by atoms with E-state index >= 15 is 0 Å². The van der Waals surface area contributed by atoms with Crippen molar-refractivity contribution in [2.24, 2.45) is 0 Å². The summed E-state index contributed by atoms with van der Waals surface area (Å²) in [7, 11) is -4.35. The molecule has 2 rings (SSSR count). The summed E-state index contributed by atoms with van der Waals surface area (Å²) in [6.07, 6.45) is 0. The van der Waals surface area contributed by atoms with E-state index in [0.29, 0.717) is 12.1 Å². The second-order valence-electron chi connectivity index (χ2n) is 4.47. The Morgan fingerprint density at radius 1 is 1.12 bits per heavy atom. The summed E-state index contributed by atoms with van der Waals surface area (Å²) in [5.74, 6) is -4.33. The van der Waals surface area contributed by atoms with E-state index in [1.807, 2.05) is 0 Å². The summed E-state index contributed by atoms with van der Waals surface area (Å²) >= 11 is 0. The molecule has 0 radical (unpaired) electrons. The first-order valence-corrected chi connectivity index (χ1v) is 7.60. The van der Waals surface area contributed by atoms with Crippen LogP contribution in [0.1, 0.15) is 10.4 Å². The SMILES string of the molecule is O=C(O)c1cc(F)c(NS(=O)(=O)c2ccc([N+](=O)[O-])cc2)cc1F. The van der Waals surface area contributed by atoms with E-state index in [0.717, 1.165) is 24.3 Å². The summed E-state index contributed by atoms with van der Waals surface area (Å²) in [5.41, 5.74) is -2.10. The molecule has 0 saturated carbocycles. The Morgan fingerprint density at radius 3 is 2.21 bits per heavy atom. The van der Waals surface area contributed by atoms with E-state index in [9.17, 15) is 32.1 Å². The predicted octanol–water partition coefficient (Wildman–Crippen LogP) is 2.37. The van der Waals surface area contributed by atoms with Crippen molar-refractivity contribution in [3.8, 4) is 0 Å². The average molecular weight is 358 g/mol. The highest BCUT2D eigenvalue weighted by Gasteiger charge is 2.21. The number of nitro groups is 1. The number of rotatable bonds is 5. The van der Waals surface area contributed by atoms with Gasteiger partial charge in [0.2, 0.25) is 0 Å². The highest BCUT2D eigenvalue weighted by molar-refractivity contribution is 7.92. The Labute approximate surface area is 133 Å². The minimum absolute atomic E-state index is 0.339. The first-order chi connectivity index (χ1) is 11.1. The fourth-order valence-electron chi connectivity index (χ4n) is 1.74. The van der Waals surface area contributed by atoms with Crippen LogP contribution in [0.4, 0.5) is 20.2 Å². The van der Waals surface area contributed by atoms with Crippen LogP contribution >= 0.6 is 0 Å². The van der Waals surface area contributed by atoms with Gasteiger partial charge in [-0.1, -0.05) is 0 Å². The molecule has 0 bridgehead atoms. The fraction of sp³-hybridized carbons (Fsp3) is 0. The standard InChI is InChI=1S/C13H8F2N2O6S/c14-10-6-12(11(15)5-9(10)13(18)19)16-24(22,23)8-3-1-7(2-4-8)17(20)21/h1-6,16H,(H,18,19). The maximum atomic E-state index is 13.8. The molecule has 0 heterocycles. The molecule has 0 fully saturated rings. The molecule has 0 spiro atoms. The zero-order chi connectivity index (χ0) is 18.1. The lowest BCUT2D eigenvalue weighted by Gasteiger charge is -2.10. The lowest BCUT2D eigenvalue weighted by molar-refractivity contribution is -0.384. The minimum Gasteiger partial charge on any atom is -0.478 e. The van der Waals surface area contributed by atoms with E-state index in [2.05, 4.69) is 0 Å². The molecule has 0 aliphatic carbocycles. The van der Waals surface area contributed by atoms with Crippen LogP contribution in [0.5, 0.6) is 0 Å². The third kappa shape index (κ3) is 3.46. The van der Waals surface area contributed by atoms with E-state index in [1.165, 1.54) is 0 Å². The zero-order valence-corrected chi connectivity index (χ0v) is 12.4. The van der Waals surface area contributed by atoms with Gasteiger partial charge in [-0.3, -0.25) is 14.8 Å². The van der Waals surface area contributed by atoms with Gasteiger partial charge in [0.25, 0.3) is 15.7 Å². The molecule has 0 unspecified atom stereocenters. The van der Waals surface area contributed by atoms with Gasteiger partial charge < -0.3 is 5.11 Å². The van der Waals surface area contributed by atoms with Crippen molar-refractivity contribution in [3.63, 3.8) is 0 Å². The number of carboxylic acids is 1. The number of halogens is 2. The topological polar surface area (TPSA) is 127 Å². The third-order valence-electron chi connectivity index (χ3n) is 2.89. The monoisotopic (exact) mass is 358 g/mol. The summed E-state index contributed by atoms with van der Waals surface area (Å²) in [5, 5.41) is 19.2. The number of non-ortho nitro benzene ring substituents is 1. The maximum absolute atomic E-state index is 13.8. The molecule has 0 aliphatic heterocycles. The van der Waals surface area contributed by atoms with Crippen LogP contribution in [-0.2, 0) is 10.0 Å². The lowest BCUT2D eigenvalue weighted by Crippen LogP contribution is -2.15. The van der Waals surface area contributed by atoms with Gasteiger partial charge in [-0.25, -0.2) is 22.0 Å². The van der Waals surface area contributed by atoms with E-state index in [-0.39, 0.29) is 5.69 Å². The molecule has 2 N–H and O–H groups in total. The molecular formula is C13H8F2N2O6S. The number of nitro benzene ring substituents is 1. The number of hydrogen-bond acceptors (Lipinski definition) is 5. The summed E-state index contributed by atoms with van der Waals surface area (Å²) < 4.78 is 53.2. The first kappa shape index (κ1) is 17.3. The molecule has 0 atom stereocenters. The molecule has 0 amide bonds. The van der Waals surface area contributed by atoms with E-state index in [1.54, 1.807) is 4.72 Å². The number of benzene rings is 2. The number of anilines is 1. The van der Waals surface area contributed by atoms with Crippen molar-refractivity contribution in [2.45, 2.75) is 4.90 Å². The number of carbonyl (C=O) groups is 1. The van der Waals surface area contributed by atoms with Crippen molar-refractivity contribution in [2.75, 3.05) is 4.72 Å². The van der Waals surface area contributed by atoms with Crippen LogP contribution < -0.4 is 4.72 Å². The van der Waals surface area contributed by atoms with Crippen molar-refractivity contribution in [1.29, 1.82) is 0 Å².